The number of nitrogens with zero attached hydrogens (tertiary/aromatic N) is 3. The largest absolute Gasteiger partial charge is 0.254 e. The smallest absolute Gasteiger partial charge is 0.0970 e. The standard InChI is InChI=1S/C45H33NS.C24H16N2.BF.Bi.Th.2H/c1-45(2)41-17-8-6-13-37(41)38-28-27-35(29-42(38)45)46(33-23-19-31(20-24-33)30-11-4-3-5-12-30)34-25-21-32(22-26-34)36-15-10-16-40-39-14-7-9-18-43(39)47-44(36)40;1-3-7-17(8-4-1)19-13-15-25-23-21(19)11-12-22-20(14-16-26-24(22)23)18-9-5-2-6-10-18;1-2;;;;/h3-29H,1-2H3;1-16H;;;;;. The van der Waals surface area contributed by atoms with Crippen molar-refractivity contribution in [3.8, 4) is 55.6 Å². The Morgan fingerprint density at radius 3 is 1.42 bits per heavy atom. The van der Waals surface area contributed by atoms with Crippen LogP contribution in [0.3, 0.4) is 0 Å². The van der Waals surface area contributed by atoms with Crippen LogP contribution in [0.4, 0.5) is 21.4 Å². The van der Waals surface area contributed by atoms with Gasteiger partial charge in [-0.3, -0.25) is 9.97 Å². The van der Waals surface area contributed by atoms with E-state index in [1.807, 2.05) is 35.9 Å². The van der Waals surface area contributed by atoms with Gasteiger partial charge in [-0.2, -0.15) is 0 Å². The molecule has 0 unspecified atom stereocenters. The molecule has 367 valence electrons. The minimum absolute atomic E-state index is 0. The minimum atomic E-state index is -0.0719. The van der Waals surface area contributed by atoms with E-state index in [-0.39, 0.29) is 71.6 Å². The number of aromatic nitrogens is 2. The van der Waals surface area contributed by atoms with Gasteiger partial charge in [-0.05, 0) is 121 Å². The summed E-state index contributed by atoms with van der Waals surface area (Å²) in [7, 11) is 3.00. The molecule has 0 N–H and O–H groups in total. The summed E-state index contributed by atoms with van der Waals surface area (Å²) >= 11 is 1.88. The maximum absolute atomic E-state index is 9.00. The average Bonchev–Trinajstić information content (AvgIpc) is 4.01. The number of fused-ring (bicyclic) bond motifs is 9. The van der Waals surface area contributed by atoms with Crippen LogP contribution in [0.5, 0.6) is 0 Å². The molecule has 8 heteroatoms. The number of thiophene rings is 1. The average molecular weight is 1430 g/mol. The molecular formula is C69H51BBiFN3STh. The van der Waals surface area contributed by atoms with Gasteiger partial charge in [-0.15, -0.1) is 11.3 Å². The van der Waals surface area contributed by atoms with Crippen LogP contribution in [0.1, 0.15) is 25.0 Å². The number of hydrogen-bond acceptors (Lipinski definition) is 4. The van der Waals surface area contributed by atoms with Gasteiger partial charge in [0.25, 0.3) is 0 Å². The van der Waals surface area contributed by atoms with E-state index in [9.17, 15) is 0 Å². The van der Waals surface area contributed by atoms with Crippen LogP contribution < -0.4 is 4.90 Å². The van der Waals surface area contributed by atoms with Crippen molar-refractivity contribution in [2.75, 3.05) is 4.90 Å². The van der Waals surface area contributed by atoms with E-state index >= 15 is 0 Å². The molecule has 10 aromatic carbocycles. The van der Waals surface area contributed by atoms with Crippen LogP contribution in [0.2, 0.25) is 0 Å². The van der Waals surface area contributed by atoms with Gasteiger partial charge >= 0.3 is 34.3 Å². The number of rotatable bonds is 7. The normalized spacial score (nSPS) is 11.8. The van der Waals surface area contributed by atoms with E-state index in [4.69, 9.17) is 4.32 Å². The fourth-order valence-electron chi connectivity index (χ4n) is 11.0. The molecule has 0 amide bonds. The first-order chi connectivity index (χ1) is 37.0. The monoisotopic (exact) mass is 1420 g/mol. The zero-order valence-corrected chi connectivity index (χ0v) is 52.0. The molecule has 1 aliphatic carbocycles. The van der Waals surface area contributed by atoms with E-state index in [0.717, 1.165) is 38.9 Å². The summed E-state index contributed by atoms with van der Waals surface area (Å²) in [6.45, 7) is 4.70. The topological polar surface area (TPSA) is 29.0 Å². The zero-order chi connectivity index (χ0) is 50.9. The molecule has 0 saturated carbocycles. The molecule has 77 heavy (non-hydrogen) atoms. The molecular weight excluding hydrogens is 1370 g/mol. The van der Waals surface area contributed by atoms with Crippen LogP contribution in [0.15, 0.2) is 261 Å². The first kappa shape index (κ1) is 53.6. The second-order valence-electron chi connectivity index (χ2n) is 19.3. The Hall–Kier alpha value is -6.76. The van der Waals surface area contributed by atoms with Crippen molar-refractivity contribution in [1.29, 1.82) is 0 Å². The maximum atomic E-state index is 9.00. The molecule has 0 saturated heterocycles. The second kappa shape index (κ2) is 23.5. The van der Waals surface area contributed by atoms with Gasteiger partial charge in [-0.1, -0.05) is 208 Å². The molecule has 3 heterocycles. The third kappa shape index (κ3) is 10.2. The van der Waals surface area contributed by atoms with E-state index < -0.39 is 0 Å². The Morgan fingerprint density at radius 2 is 0.818 bits per heavy atom. The molecule has 13 aromatic rings. The molecule has 14 rings (SSSR count). The quantitative estimate of drug-likeness (QED) is 0.118. The van der Waals surface area contributed by atoms with Gasteiger partial charge in [0.15, 0.2) is 0 Å². The Morgan fingerprint density at radius 1 is 0.377 bits per heavy atom. The van der Waals surface area contributed by atoms with Crippen LogP contribution in [-0.4, -0.2) is 44.3 Å². The van der Waals surface area contributed by atoms with Gasteiger partial charge in [-0.25, -0.2) is 0 Å². The van der Waals surface area contributed by atoms with E-state index in [2.05, 4.69) is 273 Å². The summed E-state index contributed by atoms with van der Waals surface area (Å²) in [6, 6.07) is 89.3. The molecule has 0 aliphatic heterocycles. The third-order valence-corrected chi connectivity index (χ3v) is 15.9. The molecule has 0 bridgehead atoms. The molecule has 3 nitrogen and oxygen atoms in total. The molecule has 0 atom stereocenters. The van der Waals surface area contributed by atoms with E-state index in [1.54, 1.807) is 0 Å². The van der Waals surface area contributed by atoms with Crippen LogP contribution in [0, 0.1) is 39.9 Å². The molecule has 0 spiro atoms. The van der Waals surface area contributed by atoms with Crippen molar-refractivity contribution in [2.45, 2.75) is 19.3 Å². The van der Waals surface area contributed by atoms with E-state index in [1.165, 1.54) is 86.9 Å². The number of anilines is 3. The second-order valence-corrected chi connectivity index (χ2v) is 20.3. The van der Waals surface area contributed by atoms with Gasteiger partial charge in [0, 0.05) is 106 Å². The SMILES string of the molecule is CC1(C)c2ccccc2-c2ccc(N(c3ccc(-c4ccccc4)cc3)c3ccc(-c4cccc5c4sc4ccccc45)cc3)cc21.[B]F.[BiH2].[Th].c1ccc(-c2ccnc3c2ccc2c(-c4ccccc4)ccnc23)cc1. The zero-order valence-electron chi connectivity index (χ0n) is 42.6. The fourth-order valence-corrected chi connectivity index (χ4v) is 12.3. The first-order valence-corrected chi connectivity index (χ1v) is 26.0. The van der Waals surface area contributed by atoms with Crippen molar-refractivity contribution in [3.05, 3.63) is 272 Å². The number of pyridine rings is 2. The third-order valence-electron chi connectivity index (χ3n) is 14.7. The van der Waals surface area contributed by atoms with Crippen molar-refractivity contribution in [3.63, 3.8) is 0 Å². The maximum Gasteiger partial charge on any atom is 0.0970 e. The Kier molecular flexibility index (Phi) is 16.3. The van der Waals surface area contributed by atoms with Crippen LogP contribution in [-0.2, 0) is 5.41 Å². The summed E-state index contributed by atoms with van der Waals surface area (Å²) in [5.41, 5.74) is 20.4. The fraction of sp³-hybridized carbons (Fsp3) is 0.0435. The van der Waals surface area contributed by atoms with Gasteiger partial charge in [0.2, 0.25) is 0 Å². The Balaban J connectivity index is 0.000000190. The van der Waals surface area contributed by atoms with Crippen molar-refractivity contribution in [2.24, 2.45) is 0 Å². The van der Waals surface area contributed by atoms with Crippen LogP contribution >= 0.6 is 11.3 Å². The minimum Gasteiger partial charge on any atom is -0.254 e. The summed E-state index contributed by atoms with van der Waals surface area (Å²) in [5, 5.41) is 4.92. The number of hydrogen-bond donors (Lipinski definition) is 0. The van der Waals surface area contributed by atoms with Crippen LogP contribution in [0.25, 0.3) is 97.6 Å². The number of halogens is 1. The van der Waals surface area contributed by atoms with Gasteiger partial charge in [0.1, 0.15) is 0 Å². The number of benzene rings is 10. The predicted molar refractivity (Wildman–Crippen MR) is 326 cm³/mol. The predicted octanol–water partition coefficient (Wildman–Crippen LogP) is 18.4. The summed E-state index contributed by atoms with van der Waals surface area (Å²) in [4.78, 5) is 11.7. The Labute approximate surface area is 505 Å². The summed E-state index contributed by atoms with van der Waals surface area (Å²) in [6.07, 6.45) is 3.75. The van der Waals surface area contributed by atoms with Gasteiger partial charge in [0.05, 0.1) is 11.0 Å². The van der Waals surface area contributed by atoms with Crippen molar-refractivity contribution < 1.29 is 44.3 Å². The molecule has 0 fully saturated rings. The Bertz CT molecular complexity index is 4080. The molecule has 3 aromatic heterocycles. The van der Waals surface area contributed by atoms with Crippen molar-refractivity contribution >= 4 is 105 Å². The summed E-state index contributed by atoms with van der Waals surface area (Å²) < 4.78 is 11.7. The first-order valence-electron chi connectivity index (χ1n) is 25.2. The van der Waals surface area contributed by atoms with Crippen molar-refractivity contribution in [1.82, 2.24) is 9.97 Å². The van der Waals surface area contributed by atoms with Gasteiger partial charge < -0.3 is 9.22 Å². The summed E-state index contributed by atoms with van der Waals surface area (Å²) in [5.74, 6) is 0. The molecule has 1 aliphatic rings. The van der Waals surface area contributed by atoms with E-state index in [0.29, 0.717) is 0 Å². The molecule has 3 radical (unpaired) electrons.